The second-order valence-corrected chi connectivity index (χ2v) is 5.22. The predicted octanol–water partition coefficient (Wildman–Crippen LogP) is 3.22. The second-order valence-electron chi connectivity index (χ2n) is 4.78. The van der Waals surface area contributed by atoms with Crippen LogP contribution in [0.5, 0.6) is 0 Å². The molecule has 1 fully saturated rings. The molecule has 2 N–H and O–H groups in total. The summed E-state index contributed by atoms with van der Waals surface area (Å²) in [7, 11) is 0. The minimum atomic E-state index is -0.430. The molecule has 1 aromatic carbocycles. The molecular formula is C15H16ClN3O. The summed E-state index contributed by atoms with van der Waals surface area (Å²) in [5.74, 6) is -0.430. The highest BCUT2D eigenvalue weighted by Crippen LogP contribution is 2.18. The van der Waals surface area contributed by atoms with Crippen molar-refractivity contribution >= 4 is 23.2 Å². The molecule has 20 heavy (non-hydrogen) atoms. The van der Waals surface area contributed by atoms with Crippen molar-refractivity contribution in [3.8, 4) is 6.07 Å². The van der Waals surface area contributed by atoms with E-state index >= 15 is 0 Å². The quantitative estimate of drug-likeness (QED) is 0.661. The third-order valence-electron chi connectivity index (χ3n) is 3.27. The van der Waals surface area contributed by atoms with Crippen LogP contribution in [0.2, 0.25) is 5.02 Å². The molecule has 1 aliphatic carbocycles. The number of rotatable bonds is 4. The van der Waals surface area contributed by atoms with Crippen molar-refractivity contribution in [3.63, 3.8) is 0 Å². The number of amides is 1. The third-order valence-corrected chi connectivity index (χ3v) is 3.50. The summed E-state index contributed by atoms with van der Waals surface area (Å²) in [4.78, 5) is 12.0. The summed E-state index contributed by atoms with van der Waals surface area (Å²) in [5, 5.41) is 15.4. The van der Waals surface area contributed by atoms with Gasteiger partial charge in [-0.1, -0.05) is 30.5 Å². The van der Waals surface area contributed by atoms with Crippen LogP contribution in [0.25, 0.3) is 0 Å². The zero-order valence-corrected chi connectivity index (χ0v) is 11.8. The summed E-state index contributed by atoms with van der Waals surface area (Å²) >= 11 is 5.85. The summed E-state index contributed by atoms with van der Waals surface area (Å²) in [6.07, 6.45) is 6.08. The fourth-order valence-electron chi connectivity index (χ4n) is 2.21. The molecule has 1 aromatic rings. The molecule has 0 heterocycles. The van der Waals surface area contributed by atoms with E-state index in [0.717, 1.165) is 12.8 Å². The molecule has 104 valence electrons. The molecule has 0 saturated heterocycles. The van der Waals surface area contributed by atoms with Gasteiger partial charge in [-0.15, -0.1) is 0 Å². The van der Waals surface area contributed by atoms with E-state index < -0.39 is 5.91 Å². The van der Waals surface area contributed by atoms with Gasteiger partial charge in [0.25, 0.3) is 5.91 Å². The molecular weight excluding hydrogens is 274 g/mol. The molecule has 0 atom stereocenters. The Kier molecular flexibility index (Phi) is 5.03. The number of halogens is 1. The zero-order valence-electron chi connectivity index (χ0n) is 11.0. The van der Waals surface area contributed by atoms with Crippen molar-refractivity contribution in [2.45, 2.75) is 31.7 Å². The van der Waals surface area contributed by atoms with E-state index in [2.05, 4.69) is 10.6 Å². The third kappa shape index (κ3) is 4.01. The molecule has 1 saturated carbocycles. The number of nitrogens with one attached hydrogen (secondary N) is 2. The molecule has 2 rings (SSSR count). The first-order chi connectivity index (χ1) is 9.69. The molecule has 1 aliphatic rings. The zero-order chi connectivity index (χ0) is 14.4. The van der Waals surface area contributed by atoms with Crippen molar-refractivity contribution in [2.24, 2.45) is 0 Å². The number of hydrogen-bond acceptors (Lipinski definition) is 3. The molecule has 0 aliphatic heterocycles. The monoisotopic (exact) mass is 289 g/mol. The molecule has 5 heteroatoms. The van der Waals surface area contributed by atoms with Gasteiger partial charge in [-0.3, -0.25) is 4.79 Å². The van der Waals surface area contributed by atoms with Crippen LogP contribution in [0.1, 0.15) is 25.7 Å². The molecule has 4 nitrogen and oxygen atoms in total. The highest BCUT2D eigenvalue weighted by molar-refractivity contribution is 6.31. The Bertz CT molecular complexity index is 556. The SMILES string of the molecule is N#C/C(=C/NC1CCCC1)C(=O)Nc1cccc(Cl)c1. The number of carbonyl (C=O) groups excluding carboxylic acids is 1. The van der Waals surface area contributed by atoms with Crippen molar-refractivity contribution in [3.05, 3.63) is 41.1 Å². The maximum Gasteiger partial charge on any atom is 0.267 e. The van der Waals surface area contributed by atoms with E-state index in [0.29, 0.717) is 16.8 Å². The highest BCUT2D eigenvalue weighted by Gasteiger charge is 2.15. The van der Waals surface area contributed by atoms with E-state index in [1.807, 2.05) is 6.07 Å². The molecule has 1 amide bonds. The number of nitriles is 1. The van der Waals surface area contributed by atoms with Crippen molar-refractivity contribution in [1.82, 2.24) is 5.32 Å². The number of carbonyl (C=O) groups is 1. The van der Waals surface area contributed by atoms with Crippen LogP contribution in [-0.2, 0) is 4.79 Å². The smallest absolute Gasteiger partial charge is 0.267 e. The van der Waals surface area contributed by atoms with E-state index in [1.165, 1.54) is 19.0 Å². The molecule has 0 unspecified atom stereocenters. The van der Waals surface area contributed by atoms with Gasteiger partial charge in [-0.05, 0) is 31.0 Å². The van der Waals surface area contributed by atoms with Gasteiger partial charge >= 0.3 is 0 Å². The van der Waals surface area contributed by atoms with Crippen LogP contribution in [-0.4, -0.2) is 11.9 Å². The lowest BCUT2D eigenvalue weighted by Crippen LogP contribution is -2.23. The first kappa shape index (κ1) is 14.4. The van der Waals surface area contributed by atoms with Crippen LogP contribution in [0, 0.1) is 11.3 Å². The largest absolute Gasteiger partial charge is 0.387 e. The second kappa shape index (κ2) is 6.97. The Morgan fingerprint density at radius 1 is 1.40 bits per heavy atom. The fourth-order valence-corrected chi connectivity index (χ4v) is 2.40. The van der Waals surface area contributed by atoms with E-state index in [1.54, 1.807) is 24.3 Å². The highest BCUT2D eigenvalue weighted by atomic mass is 35.5. The van der Waals surface area contributed by atoms with Crippen LogP contribution in [0.3, 0.4) is 0 Å². The average Bonchev–Trinajstić information content (AvgIpc) is 2.92. The molecule has 0 aromatic heterocycles. The van der Waals surface area contributed by atoms with E-state index in [-0.39, 0.29) is 5.57 Å². The Morgan fingerprint density at radius 2 is 2.15 bits per heavy atom. The van der Waals surface area contributed by atoms with Gasteiger partial charge in [0.1, 0.15) is 11.6 Å². The average molecular weight is 290 g/mol. The van der Waals surface area contributed by atoms with Crippen LogP contribution in [0.15, 0.2) is 36.0 Å². The number of hydrogen-bond donors (Lipinski definition) is 2. The maximum absolute atomic E-state index is 12.0. The Balaban J connectivity index is 1.98. The standard InChI is InChI=1S/C15H16ClN3O/c16-12-4-3-7-14(8-12)19-15(20)11(9-17)10-18-13-5-1-2-6-13/h3-4,7-8,10,13,18H,1-2,5-6H2,(H,19,20)/b11-10-. The summed E-state index contributed by atoms with van der Waals surface area (Å²) in [6, 6.07) is 9.11. The topological polar surface area (TPSA) is 64.9 Å². The Hall–Kier alpha value is -1.99. The Labute approximate surface area is 123 Å². The van der Waals surface area contributed by atoms with Crippen LogP contribution in [0.4, 0.5) is 5.69 Å². The van der Waals surface area contributed by atoms with Gasteiger partial charge in [0, 0.05) is 23.0 Å². The minimum Gasteiger partial charge on any atom is -0.387 e. The van der Waals surface area contributed by atoms with Gasteiger partial charge in [0.15, 0.2) is 0 Å². The van der Waals surface area contributed by atoms with Crippen molar-refractivity contribution in [1.29, 1.82) is 5.26 Å². The lowest BCUT2D eigenvalue weighted by molar-refractivity contribution is -0.112. The van der Waals surface area contributed by atoms with Gasteiger partial charge in [-0.25, -0.2) is 0 Å². The Morgan fingerprint density at radius 3 is 2.80 bits per heavy atom. The first-order valence-corrected chi connectivity index (χ1v) is 7.00. The van der Waals surface area contributed by atoms with Gasteiger partial charge in [0.05, 0.1) is 0 Å². The molecule has 0 bridgehead atoms. The van der Waals surface area contributed by atoms with E-state index in [4.69, 9.17) is 16.9 Å². The number of nitrogens with zero attached hydrogens (tertiary/aromatic N) is 1. The number of anilines is 1. The summed E-state index contributed by atoms with van der Waals surface area (Å²) in [6.45, 7) is 0. The van der Waals surface area contributed by atoms with Crippen molar-refractivity contribution in [2.75, 3.05) is 5.32 Å². The maximum atomic E-state index is 12.0. The van der Waals surface area contributed by atoms with Crippen molar-refractivity contribution < 1.29 is 4.79 Å². The van der Waals surface area contributed by atoms with Gasteiger partial charge < -0.3 is 10.6 Å². The van der Waals surface area contributed by atoms with Gasteiger partial charge in [0.2, 0.25) is 0 Å². The fraction of sp³-hybridized carbons (Fsp3) is 0.333. The number of benzene rings is 1. The lowest BCUT2D eigenvalue weighted by atomic mass is 10.2. The first-order valence-electron chi connectivity index (χ1n) is 6.62. The normalized spacial score (nSPS) is 15.7. The van der Waals surface area contributed by atoms with Crippen LogP contribution < -0.4 is 10.6 Å². The summed E-state index contributed by atoms with van der Waals surface area (Å²) in [5.41, 5.74) is 0.640. The van der Waals surface area contributed by atoms with Gasteiger partial charge in [-0.2, -0.15) is 5.26 Å². The minimum absolute atomic E-state index is 0.0666. The molecule has 0 spiro atoms. The lowest BCUT2D eigenvalue weighted by Gasteiger charge is -2.09. The van der Waals surface area contributed by atoms with E-state index in [9.17, 15) is 4.79 Å². The predicted molar refractivity (Wildman–Crippen MR) is 79.2 cm³/mol. The summed E-state index contributed by atoms with van der Waals surface area (Å²) < 4.78 is 0. The molecule has 0 radical (unpaired) electrons. The van der Waals surface area contributed by atoms with Crippen LogP contribution >= 0.6 is 11.6 Å².